The molecular weight excluding hydrogens is 279 g/mol. The van der Waals surface area contributed by atoms with Crippen molar-refractivity contribution in [2.75, 3.05) is 39.3 Å². The molecule has 21 heavy (non-hydrogen) atoms. The zero-order valence-corrected chi connectivity index (χ0v) is 12.2. The molecule has 0 radical (unpaired) electrons. The van der Waals surface area contributed by atoms with Gasteiger partial charge in [0.05, 0.1) is 19.1 Å². The largest absolute Gasteiger partial charge is 0.488 e. The summed E-state index contributed by atoms with van der Waals surface area (Å²) >= 11 is 0. The fraction of sp³-hybridized carbons (Fsp3) is 0.500. The smallest absolute Gasteiger partial charge is 0.227 e. The molecule has 1 atom stereocenters. The highest BCUT2D eigenvalue weighted by atomic mass is 19.1. The number of methoxy groups -OCH3 is 2. The quantitative estimate of drug-likeness (QED) is 0.669. The first-order valence-corrected chi connectivity index (χ1v) is 6.54. The number of nitrogens with one attached hydrogen (secondary N) is 1. The first-order valence-electron chi connectivity index (χ1n) is 6.54. The summed E-state index contributed by atoms with van der Waals surface area (Å²) in [6, 6.07) is 4.22. The van der Waals surface area contributed by atoms with Crippen LogP contribution in [0.1, 0.15) is 6.42 Å². The molecule has 1 aromatic rings. The Kier molecular flexibility index (Phi) is 7.66. The Morgan fingerprint density at radius 2 is 2.14 bits per heavy atom. The molecule has 0 aliphatic carbocycles. The molecule has 0 bridgehead atoms. The summed E-state index contributed by atoms with van der Waals surface area (Å²) in [7, 11) is 3.02. The Bertz CT molecular complexity index is 453. The summed E-state index contributed by atoms with van der Waals surface area (Å²) < 4.78 is 28.8. The molecule has 1 rings (SSSR count). The Labute approximate surface area is 123 Å². The average molecular weight is 300 g/mol. The summed E-state index contributed by atoms with van der Waals surface area (Å²) in [5.41, 5.74) is 5.79. The molecule has 0 saturated heterocycles. The van der Waals surface area contributed by atoms with Crippen LogP contribution in [0.25, 0.3) is 0 Å². The second kappa shape index (κ2) is 9.28. The number of nitrogens with two attached hydrogens (primary N) is 1. The molecule has 0 aliphatic rings. The lowest BCUT2D eigenvalue weighted by atomic mass is 10.2. The van der Waals surface area contributed by atoms with Crippen LogP contribution >= 0.6 is 0 Å². The van der Waals surface area contributed by atoms with E-state index in [1.54, 1.807) is 6.07 Å². The van der Waals surface area contributed by atoms with Crippen LogP contribution in [0.4, 0.5) is 10.1 Å². The van der Waals surface area contributed by atoms with Gasteiger partial charge >= 0.3 is 0 Å². The Morgan fingerprint density at radius 3 is 2.71 bits per heavy atom. The third kappa shape index (κ3) is 6.07. The minimum absolute atomic E-state index is 0.112. The molecule has 0 saturated carbocycles. The van der Waals surface area contributed by atoms with Crippen LogP contribution in [0.3, 0.4) is 0 Å². The maximum Gasteiger partial charge on any atom is 0.227 e. The maximum atomic E-state index is 13.8. The van der Waals surface area contributed by atoms with Crippen molar-refractivity contribution in [2.45, 2.75) is 12.5 Å². The van der Waals surface area contributed by atoms with E-state index in [1.807, 2.05) is 0 Å². The minimum atomic E-state index is -0.550. The van der Waals surface area contributed by atoms with Crippen molar-refractivity contribution in [1.29, 1.82) is 0 Å². The zero-order chi connectivity index (χ0) is 15.7. The second-order valence-electron chi connectivity index (χ2n) is 4.33. The molecule has 3 N–H and O–H groups in total. The number of rotatable bonds is 9. The number of benzene rings is 1. The predicted octanol–water partition coefficient (Wildman–Crippen LogP) is 1.15. The molecule has 118 valence electrons. The molecule has 0 heterocycles. The lowest BCUT2D eigenvalue weighted by molar-refractivity contribution is -0.118. The zero-order valence-electron chi connectivity index (χ0n) is 12.2. The normalized spacial score (nSPS) is 12.0. The summed E-state index contributed by atoms with van der Waals surface area (Å²) in [4.78, 5) is 11.7. The summed E-state index contributed by atoms with van der Waals surface area (Å²) in [6.45, 7) is 0.866. The Morgan fingerprint density at radius 1 is 1.38 bits per heavy atom. The van der Waals surface area contributed by atoms with Gasteiger partial charge in [-0.15, -0.1) is 0 Å². The Hall–Kier alpha value is -1.70. The van der Waals surface area contributed by atoms with Crippen LogP contribution in [0, 0.1) is 5.82 Å². The Balaban J connectivity index is 2.56. The molecule has 1 aromatic carbocycles. The molecule has 1 amide bonds. The molecule has 6 nitrogen and oxygen atoms in total. The lowest BCUT2D eigenvalue weighted by Crippen LogP contribution is -2.28. The van der Waals surface area contributed by atoms with E-state index in [4.69, 9.17) is 19.9 Å². The second-order valence-corrected chi connectivity index (χ2v) is 4.33. The van der Waals surface area contributed by atoms with Gasteiger partial charge in [0.25, 0.3) is 0 Å². The number of hydrogen-bond acceptors (Lipinski definition) is 5. The topological polar surface area (TPSA) is 82.8 Å². The van der Waals surface area contributed by atoms with Gasteiger partial charge in [-0.25, -0.2) is 4.39 Å². The van der Waals surface area contributed by atoms with Crippen LogP contribution in [0.2, 0.25) is 0 Å². The lowest BCUT2D eigenvalue weighted by Gasteiger charge is -2.13. The minimum Gasteiger partial charge on any atom is -0.488 e. The molecule has 0 aliphatic heterocycles. The summed E-state index contributed by atoms with van der Waals surface area (Å²) in [5.74, 6) is -0.729. The third-order valence-corrected chi connectivity index (χ3v) is 2.77. The van der Waals surface area contributed by atoms with Crippen LogP contribution in [0.5, 0.6) is 5.75 Å². The van der Waals surface area contributed by atoms with Gasteiger partial charge in [-0.3, -0.25) is 4.79 Å². The molecule has 7 heteroatoms. The van der Waals surface area contributed by atoms with Gasteiger partial charge in [0.15, 0.2) is 11.6 Å². The van der Waals surface area contributed by atoms with Gasteiger partial charge in [0.2, 0.25) is 5.91 Å². The van der Waals surface area contributed by atoms with Gasteiger partial charge in [-0.05, 0) is 12.1 Å². The maximum absolute atomic E-state index is 13.8. The van der Waals surface area contributed by atoms with E-state index in [1.165, 1.54) is 26.4 Å². The number of carbonyl (C=O) groups is 1. The van der Waals surface area contributed by atoms with Crippen LogP contribution in [-0.2, 0) is 14.3 Å². The van der Waals surface area contributed by atoms with Crippen molar-refractivity contribution < 1.29 is 23.4 Å². The van der Waals surface area contributed by atoms with Gasteiger partial charge in [-0.1, -0.05) is 0 Å². The molecule has 0 aromatic heterocycles. The fourth-order valence-corrected chi connectivity index (χ4v) is 1.61. The monoisotopic (exact) mass is 300 g/mol. The van der Waals surface area contributed by atoms with Crippen molar-refractivity contribution in [2.24, 2.45) is 5.73 Å². The third-order valence-electron chi connectivity index (χ3n) is 2.77. The van der Waals surface area contributed by atoms with Crippen molar-refractivity contribution >= 4 is 11.6 Å². The number of carbonyl (C=O) groups excluding carboxylic acids is 1. The number of anilines is 1. The first kappa shape index (κ1) is 17.4. The van der Waals surface area contributed by atoms with E-state index in [9.17, 15) is 9.18 Å². The van der Waals surface area contributed by atoms with E-state index < -0.39 is 5.82 Å². The highest BCUT2D eigenvalue weighted by molar-refractivity contribution is 5.91. The fourth-order valence-electron chi connectivity index (χ4n) is 1.61. The number of amides is 1. The van der Waals surface area contributed by atoms with Crippen LogP contribution in [-0.4, -0.2) is 46.0 Å². The van der Waals surface area contributed by atoms with Gasteiger partial charge in [0.1, 0.15) is 6.61 Å². The summed E-state index contributed by atoms with van der Waals surface area (Å²) in [5, 5.41) is 2.58. The summed E-state index contributed by atoms with van der Waals surface area (Å²) in [6.07, 6.45) is -0.243. The molecule has 0 fully saturated rings. The van der Waals surface area contributed by atoms with E-state index in [0.717, 1.165) is 0 Å². The van der Waals surface area contributed by atoms with Gasteiger partial charge in [-0.2, -0.15) is 0 Å². The van der Waals surface area contributed by atoms with Crippen LogP contribution in [0.15, 0.2) is 18.2 Å². The average Bonchev–Trinajstić information content (AvgIpc) is 2.47. The van der Waals surface area contributed by atoms with Gasteiger partial charge in [0, 0.05) is 32.5 Å². The number of hydrogen-bond donors (Lipinski definition) is 2. The van der Waals surface area contributed by atoms with Crippen molar-refractivity contribution in [3.8, 4) is 5.75 Å². The van der Waals surface area contributed by atoms with E-state index in [-0.39, 0.29) is 37.3 Å². The molecule has 0 spiro atoms. The standard InChI is InChI=1S/C14H21FN2O4/c1-19-5-6-21-13-4-3-10(7-12(13)15)17-14(18)8-11(9-16)20-2/h3-4,7,11H,5-6,8-9,16H2,1-2H3,(H,17,18). The van der Waals surface area contributed by atoms with Gasteiger partial charge < -0.3 is 25.3 Å². The number of ether oxygens (including phenoxy) is 3. The van der Waals surface area contributed by atoms with Crippen molar-refractivity contribution in [1.82, 2.24) is 0 Å². The van der Waals surface area contributed by atoms with E-state index >= 15 is 0 Å². The first-order chi connectivity index (χ1) is 10.1. The van der Waals surface area contributed by atoms with E-state index in [2.05, 4.69) is 5.32 Å². The van der Waals surface area contributed by atoms with Crippen molar-refractivity contribution in [3.63, 3.8) is 0 Å². The number of halogens is 1. The molecular formula is C14H21FN2O4. The predicted molar refractivity (Wildman–Crippen MR) is 76.9 cm³/mol. The van der Waals surface area contributed by atoms with Crippen molar-refractivity contribution in [3.05, 3.63) is 24.0 Å². The molecule has 1 unspecified atom stereocenters. The van der Waals surface area contributed by atoms with E-state index in [0.29, 0.717) is 12.3 Å². The highest BCUT2D eigenvalue weighted by Crippen LogP contribution is 2.21. The highest BCUT2D eigenvalue weighted by Gasteiger charge is 2.12. The SMILES string of the molecule is COCCOc1ccc(NC(=O)CC(CN)OC)cc1F. The van der Waals surface area contributed by atoms with Crippen LogP contribution < -0.4 is 15.8 Å².